The molecule has 2 aromatic carbocycles. The van der Waals surface area contributed by atoms with Crippen molar-refractivity contribution in [2.24, 2.45) is 18.4 Å². The summed E-state index contributed by atoms with van der Waals surface area (Å²) >= 11 is 1.17. The molecule has 1 atom stereocenters. The summed E-state index contributed by atoms with van der Waals surface area (Å²) in [5.74, 6) is 0.0383. The van der Waals surface area contributed by atoms with Gasteiger partial charge in [0.15, 0.2) is 0 Å². The second kappa shape index (κ2) is 9.96. The van der Waals surface area contributed by atoms with Gasteiger partial charge in [-0.25, -0.2) is 0 Å². The summed E-state index contributed by atoms with van der Waals surface area (Å²) < 4.78 is 82.0. The Morgan fingerprint density at radius 3 is 2.31 bits per heavy atom. The Morgan fingerprint density at radius 2 is 1.69 bits per heavy atom. The van der Waals surface area contributed by atoms with E-state index in [-0.39, 0.29) is 22.4 Å². The molecule has 0 bridgehead atoms. The molecule has 1 saturated heterocycles. The molecule has 0 spiro atoms. The molecule has 5 rings (SSSR count). The van der Waals surface area contributed by atoms with Gasteiger partial charge in [0.05, 0.1) is 26.8 Å². The molecule has 12 heteroatoms. The van der Waals surface area contributed by atoms with Crippen LogP contribution in [0.15, 0.2) is 41.2 Å². The highest BCUT2D eigenvalue weighted by Crippen LogP contribution is 2.46. The molecule has 1 N–H and O–H groups in total. The van der Waals surface area contributed by atoms with E-state index in [1.54, 1.807) is 11.6 Å². The Bertz CT molecular complexity index is 1420. The first kappa shape index (κ1) is 27.7. The monoisotopic (exact) mass is 571 g/mol. The van der Waals surface area contributed by atoms with E-state index >= 15 is 0 Å². The van der Waals surface area contributed by atoms with Crippen molar-refractivity contribution in [2.75, 3.05) is 13.1 Å². The van der Waals surface area contributed by atoms with E-state index in [1.807, 2.05) is 18.2 Å². The van der Waals surface area contributed by atoms with Crippen molar-refractivity contribution in [3.05, 3.63) is 68.3 Å². The molecule has 2 fully saturated rings. The number of nitrogens with zero attached hydrogens (tertiary/aromatic N) is 2. The van der Waals surface area contributed by atoms with Gasteiger partial charge in [-0.15, -0.1) is 0 Å². The highest BCUT2D eigenvalue weighted by Gasteiger charge is 2.47. The van der Waals surface area contributed by atoms with Crippen LogP contribution in [0.3, 0.4) is 0 Å². The highest BCUT2D eigenvalue weighted by molar-refractivity contribution is 7.16. The lowest BCUT2D eigenvalue weighted by molar-refractivity contribution is -0.143. The standard InChI is InChI=1S/C27H27F6N3O2S/c1-35-21-10-17(4-5-22(21)39-24(35)38)14-36-7-6-25(15-36,12-16-2-3-16)23(37)34-13-18-8-19(26(28,29)30)11-20(9-18)27(31,32)33/h4-5,8-11,16H,2-3,6-7,12-15H2,1H3,(H,34,37). The van der Waals surface area contributed by atoms with Crippen molar-refractivity contribution >= 4 is 27.5 Å². The molecule has 2 heterocycles. The van der Waals surface area contributed by atoms with Crippen molar-refractivity contribution in [1.82, 2.24) is 14.8 Å². The summed E-state index contributed by atoms with van der Waals surface area (Å²) in [6.45, 7) is 1.19. The molecule has 1 aliphatic carbocycles. The maximum atomic E-state index is 13.5. The van der Waals surface area contributed by atoms with Crippen LogP contribution < -0.4 is 10.2 Å². The fourth-order valence-corrected chi connectivity index (χ4v) is 6.29. The van der Waals surface area contributed by atoms with Crippen LogP contribution in [0.25, 0.3) is 10.2 Å². The van der Waals surface area contributed by atoms with Crippen molar-refractivity contribution in [1.29, 1.82) is 0 Å². The molecule has 39 heavy (non-hydrogen) atoms. The number of carbonyl (C=O) groups excluding carboxylic acids is 1. The number of halogens is 6. The summed E-state index contributed by atoms with van der Waals surface area (Å²) in [6.07, 6.45) is -6.72. The second-order valence-electron chi connectivity index (χ2n) is 10.7. The molecule has 5 nitrogen and oxygen atoms in total. The second-order valence-corrected chi connectivity index (χ2v) is 11.7. The number of hydrogen-bond donors (Lipinski definition) is 1. The third-order valence-corrected chi connectivity index (χ3v) is 8.67. The molecule has 210 valence electrons. The van der Waals surface area contributed by atoms with Gasteiger partial charge >= 0.3 is 17.2 Å². The minimum absolute atomic E-state index is 0.0495. The molecule has 1 aliphatic heterocycles. The van der Waals surface area contributed by atoms with Crippen LogP contribution in [-0.4, -0.2) is 28.5 Å². The molecule has 0 radical (unpaired) electrons. The van der Waals surface area contributed by atoms with Crippen LogP contribution in [0, 0.1) is 11.3 Å². The number of thiazole rings is 1. The van der Waals surface area contributed by atoms with Crippen LogP contribution in [-0.2, 0) is 37.3 Å². The Morgan fingerprint density at radius 1 is 1.03 bits per heavy atom. The van der Waals surface area contributed by atoms with E-state index in [9.17, 15) is 35.9 Å². The van der Waals surface area contributed by atoms with Crippen LogP contribution in [0.5, 0.6) is 0 Å². The minimum Gasteiger partial charge on any atom is -0.352 e. The number of fused-ring (bicyclic) bond motifs is 1. The van der Waals surface area contributed by atoms with Crippen LogP contribution in [0.2, 0.25) is 0 Å². The van der Waals surface area contributed by atoms with Gasteiger partial charge in [-0.05, 0) is 66.8 Å². The largest absolute Gasteiger partial charge is 0.416 e. The van der Waals surface area contributed by atoms with Gasteiger partial charge in [0.2, 0.25) is 5.91 Å². The molecule has 1 saturated carbocycles. The van der Waals surface area contributed by atoms with Crippen LogP contribution in [0.4, 0.5) is 26.3 Å². The number of rotatable bonds is 7. The predicted octanol–water partition coefficient (Wildman–Crippen LogP) is 5.95. The van der Waals surface area contributed by atoms with E-state index in [0.717, 1.165) is 28.6 Å². The van der Waals surface area contributed by atoms with Crippen molar-refractivity contribution in [3.8, 4) is 0 Å². The van der Waals surface area contributed by atoms with Gasteiger partial charge < -0.3 is 9.88 Å². The van der Waals surface area contributed by atoms with Crippen LogP contribution in [0.1, 0.15) is 47.9 Å². The minimum atomic E-state index is -4.95. The van der Waals surface area contributed by atoms with Gasteiger partial charge in [0, 0.05) is 26.7 Å². The summed E-state index contributed by atoms with van der Waals surface area (Å²) in [6, 6.07) is 7.20. The fourth-order valence-electron chi connectivity index (χ4n) is 5.43. The topological polar surface area (TPSA) is 54.3 Å². The molecule has 2 aliphatic rings. The van der Waals surface area contributed by atoms with Gasteiger partial charge in [0.25, 0.3) is 0 Å². The number of aryl methyl sites for hydroxylation is 1. The normalized spacial score (nSPS) is 20.6. The number of hydrogen-bond acceptors (Lipinski definition) is 4. The average Bonchev–Trinajstić information content (AvgIpc) is 3.51. The average molecular weight is 572 g/mol. The zero-order valence-corrected chi connectivity index (χ0v) is 21.9. The first-order chi connectivity index (χ1) is 18.2. The first-order valence-electron chi connectivity index (χ1n) is 12.6. The summed E-state index contributed by atoms with van der Waals surface area (Å²) in [7, 11) is 1.72. The third-order valence-electron chi connectivity index (χ3n) is 7.65. The molecular weight excluding hydrogens is 544 g/mol. The SMILES string of the molecule is Cn1c(=O)sc2ccc(CN3CCC(CC4CC4)(C(=O)NCc4cc(C(F)(F)F)cc(C(F)(F)F)c4)C3)cc21. The zero-order valence-electron chi connectivity index (χ0n) is 21.1. The quantitative estimate of drug-likeness (QED) is 0.357. The van der Waals surface area contributed by atoms with Crippen molar-refractivity contribution < 1.29 is 31.1 Å². The predicted molar refractivity (Wildman–Crippen MR) is 135 cm³/mol. The number of alkyl halides is 6. The fraction of sp³-hybridized carbons (Fsp3) is 0.481. The molecule has 1 unspecified atom stereocenters. The summed E-state index contributed by atoms with van der Waals surface area (Å²) in [5.41, 5.74) is -2.00. The molecular formula is C27H27F6N3O2S. The van der Waals surface area contributed by atoms with Gasteiger partial charge in [-0.3, -0.25) is 14.5 Å². The smallest absolute Gasteiger partial charge is 0.352 e. The Kier molecular flexibility index (Phi) is 7.07. The van der Waals surface area contributed by atoms with Gasteiger partial charge in [0.1, 0.15) is 0 Å². The lowest BCUT2D eigenvalue weighted by Crippen LogP contribution is -2.43. The van der Waals surface area contributed by atoms with E-state index in [2.05, 4.69) is 10.2 Å². The Labute approximate surface area is 224 Å². The Balaban J connectivity index is 1.32. The number of nitrogens with one attached hydrogen (secondary N) is 1. The van der Waals surface area contributed by atoms with Gasteiger partial charge in [-0.2, -0.15) is 26.3 Å². The van der Waals surface area contributed by atoms with E-state index < -0.39 is 35.4 Å². The molecule has 3 aromatic rings. The maximum absolute atomic E-state index is 13.5. The number of amides is 1. The van der Waals surface area contributed by atoms with Crippen molar-refractivity contribution in [3.63, 3.8) is 0 Å². The maximum Gasteiger partial charge on any atom is 0.416 e. The number of benzene rings is 2. The number of likely N-dealkylation sites (tertiary alicyclic amines) is 1. The molecule has 1 aromatic heterocycles. The number of carbonyl (C=O) groups is 1. The third kappa shape index (κ3) is 6.01. The van der Waals surface area contributed by atoms with E-state index in [1.165, 1.54) is 11.3 Å². The zero-order chi connectivity index (χ0) is 28.2. The van der Waals surface area contributed by atoms with E-state index in [0.29, 0.717) is 50.5 Å². The van der Waals surface area contributed by atoms with E-state index in [4.69, 9.17) is 0 Å². The van der Waals surface area contributed by atoms with Crippen LogP contribution >= 0.6 is 11.3 Å². The molecule has 1 amide bonds. The summed E-state index contributed by atoms with van der Waals surface area (Å²) in [4.78, 5) is 27.5. The lowest BCUT2D eigenvalue weighted by Gasteiger charge is -2.29. The van der Waals surface area contributed by atoms with Gasteiger partial charge in [-0.1, -0.05) is 30.2 Å². The lowest BCUT2D eigenvalue weighted by atomic mass is 9.80. The Hall–Kier alpha value is -2.86. The first-order valence-corrected chi connectivity index (χ1v) is 13.4. The summed E-state index contributed by atoms with van der Waals surface area (Å²) in [5, 5.41) is 2.65. The highest BCUT2D eigenvalue weighted by atomic mass is 32.1. The number of aromatic nitrogens is 1. The van der Waals surface area contributed by atoms with Crippen molar-refractivity contribution in [2.45, 2.75) is 51.1 Å².